The maximum atomic E-state index is 12.1. The molecule has 21 heavy (non-hydrogen) atoms. The number of carbonyl (C=O) groups is 2. The molecule has 1 aromatic rings. The number of carboxylic acid groups (broad SMARTS) is 1. The first-order chi connectivity index (χ1) is 10.1. The minimum absolute atomic E-state index is 0.0293. The quantitative estimate of drug-likeness (QED) is 0.824. The van der Waals surface area contributed by atoms with Gasteiger partial charge in [0.1, 0.15) is 5.69 Å². The second-order valence-electron chi connectivity index (χ2n) is 5.53. The summed E-state index contributed by atoms with van der Waals surface area (Å²) in [6, 6.07) is 2.90. The summed E-state index contributed by atoms with van der Waals surface area (Å²) in [4.78, 5) is 29.4. The minimum atomic E-state index is -1.14. The number of nitrogens with zero attached hydrogens (tertiary/aromatic N) is 2. The Kier molecular flexibility index (Phi) is 5.27. The van der Waals surface area contributed by atoms with Gasteiger partial charge in [-0.2, -0.15) is 0 Å². The number of nitrogens with one attached hydrogen (secondary N) is 1. The Morgan fingerprint density at radius 2 is 2.14 bits per heavy atom. The molecule has 0 spiro atoms. The van der Waals surface area contributed by atoms with Crippen molar-refractivity contribution in [1.29, 1.82) is 0 Å². The van der Waals surface area contributed by atoms with Gasteiger partial charge in [-0.25, -0.2) is 4.79 Å². The van der Waals surface area contributed by atoms with Gasteiger partial charge in [0.2, 0.25) is 0 Å². The summed E-state index contributed by atoms with van der Waals surface area (Å²) in [7, 11) is 0. The average molecular weight is 291 g/mol. The Bertz CT molecular complexity index is 513. The highest BCUT2D eigenvalue weighted by Crippen LogP contribution is 2.10. The molecule has 0 bridgehead atoms. The van der Waals surface area contributed by atoms with Crippen LogP contribution in [0.15, 0.2) is 18.3 Å². The molecule has 0 saturated carbocycles. The Hall–Kier alpha value is -1.95. The molecule has 1 amide bonds. The number of aromatic carboxylic acids is 1. The van der Waals surface area contributed by atoms with E-state index in [1.165, 1.54) is 31.2 Å². The lowest BCUT2D eigenvalue weighted by Gasteiger charge is -2.20. The van der Waals surface area contributed by atoms with Gasteiger partial charge in [0, 0.05) is 19.3 Å². The zero-order chi connectivity index (χ0) is 15.2. The third-order valence-corrected chi connectivity index (χ3v) is 3.63. The predicted octanol–water partition coefficient (Wildman–Crippen LogP) is 1.24. The van der Waals surface area contributed by atoms with Gasteiger partial charge in [-0.15, -0.1) is 0 Å². The van der Waals surface area contributed by atoms with Gasteiger partial charge in [0.15, 0.2) is 0 Å². The van der Waals surface area contributed by atoms with E-state index in [1.807, 2.05) is 0 Å². The molecule has 1 unspecified atom stereocenters. The van der Waals surface area contributed by atoms with Crippen LogP contribution in [0.3, 0.4) is 0 Å². The summed E-state index contributed by atoms with van der Waals surface area (Å²) >= 11 is 0. The lowest BCUT2D eigenvalue weighted by molar-refractivity contribution is 0.0690. The van der Waals surface area contributed by atoms with Crippen LogP contribution in [0.25, 0.3) is 0 Å². The Morgan fingerprint density at radius 3 is 2.81 bits per heavy atom. The van der Waals surface area contributed by atoms with Gasteiger partial charge in [0.05, 0.1) is 5.56 Å². The third-order valence-electron chi connectivity index (χ3n) is 3.63. The van der Waals surface area contributed by atoms with Crippen LogP contribution < -0.4 is 5.32 Å². The molecule has 6 nitrogen and oxygen atoms in total. The monoisotopic (exact) mass is 291 g/mol. The number of likely N-dealkylation sites (tertiary alicyclic amines) is 1. The molecule has 1 fully saturated rings. The minimum Gasteiger partial charge on any atom is -0.478 e. The number of hydrogen-bond donors (Lipinski definition) is 2. The predicted molar refractivity (Wildman–Crippen MR) is 78.4 cm³/mol. The van der Waals surface area contributed by atoms with Gasteiger partial charge >= 0.3 is 5.97 Å². The van der Waals surface area contributed by atoms with Crippen molar-refractivity contribution in [3.63, 3.8) is 0 Å². The van der Waals surface area contributed by atoms with Gasteiger partial charge < -0.3 is 15.3 Å². The van der Waals surface area contributed by atoms with Crippen molar-refractivity contribution >= 4 is 11.9 Å². The van der Waals surface area contributed by atoms with E-state index >= 15 is 0 Å². The second kappa shape index (κ2) is 7.17. The standard InChI is InChI=1S/C15H21N3O3/c1-11(10-18-7-2-3-8-18)9-17-14(19)13-12(15(20)21)5-4-6-16-13/h4-6,11H,2-3,7-10H2,1H3,(H,17,19)(H,20,21). The number of rotatable bonds is 6. The van der Waals surface area contributed by atoms with E-state index in [2.05, 4.69) is 22.1 Å². The maximum absolute atomic E-state index is 12.1. The molecule has 2 heterocycles. The molecule has 0 aliphatic carbocycles. The molecular weight excluding hydrogens is 270 g/mol. The normalized spacial score (nSPS) is 16.6. The lowest BCUT2D eigenvalue weighted by Crippen LogP contribution is -2.35. The number of hydrogen-bond acceptors (Lipinski definition) is 4. The number of carboxylic acids is 1. The van der Waals surface area contributed by atoms with Crippen LogP contribution in [0, 0.1) is 5.92 Å². The zero-order valence-electron chi connectivity index (χ0n) is 12.2. The molecule has 1 atom stereocenters. The molecule has 1 aliphatic heterocycles. The van der Waals surface area contributed by atoms with Crippen LogP contribution in [0.4, 0.5) is 0 Å². The van der Waals surface area contributed by atoms with Crippen LogP contribution in [-0.4, -0.2) is 53.0 Å². The van der Waals surface area contributed by atoms with E-state index in [4.69, 9.17) is 5.11 Å². The molecule has 1 aliphatic rings. The zero-order valence-corrected chi connectivity index (χ0v) is 12.2. The van der Waals surface area contributed by atoms with Crippen LogP contribution in [-0.2, 0) is 0 Å². The molecule has 0 aromatic carbocycles. The van der Waals surface area contributed by atoms with E-state index in [0.717, 1.165) is 19.6 Å². The summed E-state index contributed by atoms with van der Waals surface area (Å²) in [5.74, 6) is -1.25. The number of pyridine rings is 1. The summed E-state index contributed by atoms with van der Waals surface area (Å²) in [6.07, 6.45) is 3.92. The molecule has 114 valence electrons. The maximum Gasteiger partial charge on any atom is 0.338 e. The highest BCUT2D eigenvalue weighted by Gasteiger charge is 2.19. The Balaban J connectivity index is 1.88. The van der Waals surface area contributed by atoms with E-state index in [0.29, 0.717) is 12.5 Å². The molecule has 2 N–H and O–H groups in total. The third kappa shape index (κ3) is 4.26. The van der Waals surface area contributed by atoms with Crippen molar-refractivity contribution in [2.75, 3.05) is 26.2 Å². The summed E-state index contributed by atoms with van der Waals surface area (Å²) in [5, 5.41) is 11.8. The lowest BCUT2D eigenvalue weighted by atomic mass is 10.1. The molecular formula is C15H21N3O3. The van der Waals surface area contributed by atoms with Crippen LogP contribution in [0.1, 0.15) is 40.6 Å². The molecule has 6 heteroatoms. The first kappa shape index (κ1) is 15.4. The molecule has 2 rings (SSSR count). The van der Waals surface area contributed by atoms with Gasteiger partial charge in [-0.1, -0.05) is 6.92 Å². The van der Waals surface area contributed by atoms with Crippen molar-refractivity contribution in [2.45, 2.75) is 19.8 Å². The average Bonchev–Trinajstić information content (AvgIpc) is 2.97. The molecule has 1 aromatic heterocycles. The van der Waals surface area contributed by atoms with Crippen LogP contribution in [0.2, 0.25) is 0 Å². The van der Waals surface area contributed by atoms with Crippen molar-refractivity contribution in [3.8, 4) is 0 Å². The number of amides is 1. The van der Waals surface area contributed by atoms with Crippen molar-refractivity contribution in [2.24, 2.45) is 5.92 Å². The van der Waals surface area contributed by atoms with Crippen LogP contribution in [0.5, 0.6) is 0 Å². The Labute approximate surface area is 124 Å². The fourth-order valence-electron chi connectivity index (χ4n) is 2.58. The van der Waals surface area contributed by atoms with Gasteiger partial charge in [0.25, 0.3) is 5.91 Å². The molecule has 0 radical (unpaired) electrons. The van der Waals surface area contributed by atoms with Gasteiger partial charge in [-0.3, -0.25) is 9.78 Å². The Morgan fingerprint density at radius 1 is 1.43 bits per heavy atom. The van der Waals surface area contributed by atoms with E-state index in [9.17, 15) is 9.59 Å². The van der Waals surface area contributed by atoms with Crippen molar-refractivity contribution < 1.29 is 14.7 Å². The summed E-state index contributed by atoms with van der Waals surface area (Å²) < 4.78 is 0. The first-order valence-electron chi connectivity index (χ1n) is 7.27. The summed E-state index contributed by atoms with van der Waals surface area (Å²) in [6.45, 7) is 5.80. The first-order valence-corrected chi connectivity index (χ1v) is 7.27. The smallest absolute Gasteiger partial charge is 0.338 e. The van der Waals surface area contributed by atoms with E-state index in [-0.39, 0.29) is 11.3 Å². The molecule has 1 saturated heterocycles. The number of carbonyl (C=O) groups excluding carboxylic acids is 1. The van der Waals surface area contributed by atoms with Crippen molar-refractivity contribution in [1.82, 2.24) is 15.2 Å². The number of aromatic nitrogens is 1. The van der Waals surface area contributed by atoms with Crippen molar-refractivity contribution in [3.05, 3.63) is 29.6 Å². The second-order valence-corrected chi connectivity index (χ2v) is 5.53. The largest absolute Gasteiger partial charge is 0.478 e. The summed E-state index contributed by atoms with van der Waals surface area (Å²) in [5.41, 5.74) is -0.0967. The fraction of sp³-hybridized carbons (Fsp3) is 0.533. The van der Waals surface area contributed by atoms with E-state index < -0.39 is 11.9 Å². The SMILES string of the molecule is CC(CNC(=O)c1ncccc1C(=O)O)CN1CCCC1. The highest BCUT2D eigenvalue weighted by molar-refractivity contribution is 6.03. The topological polar surface area (TPSA) is 82.5 Å². The van der Waals surface area contributed by atoms with Crippen LogP contribution >= 0.6 is 0 Å². The van der Waals surface area contributed by atoms with Gasteiger partial charge in [-0.05, 0) is 44.0 Å². The fourth-order valence-corrected chi connectivity index (χ4v) is 2.58. The van der Waals surface area contributed by atoms with E-state index in [1.54, 1.807) is 0 Å². The highest BCUT2D eigenvalue weighted by atomic mass is 16.4.